The molecule has 0 bridgehead atoms. The molecule has 0 aromatic rings. The van der Waals surface area contributed by atoms with Crippen molar-refractivity contribution in [1.82, 2.24) is 10.2 Å². The third kappa shape index (κ3) is 4.58. The molecule has 1 rings (SSSR count). The third-order valence-electron chi connectivity index (χ3n) is 3.82. The van der Waals surface area contributed by atoms with Crippen LogP contribution in [0.3, 0.4) is 0 Å². The summed E-state index contributed by atoms with van der Waals surface area (Å²) >= 11 is 0. The van der Waals surface area contributed by atoms with E-state index >= 15 is 0 Å². The lowest BCUT2D eigenvalue weighted by molar-refractivity contribution is -0.128. The molecule has 4 nitrogen and oxygen atoms in total. The van der Waals surface area contributed by atoms with Crippen LogP contribution in [0.1, 0.15) is 40.0 Å². The van der Waals surface area contributed by atoms with Gasteiger partial charge < -0.3 is 16.0 Å². The van der Waals surface area contributed by atoms with E-state index in [2.05, 4.69) is 38.0 Å². The Kier molecular flexibility index (Phi) is 5.60. The predicted molar refractivity (Wildman–Crippen MR) is 75.3 cm³/mol. The molecule has 18 heavy (non-hydrogen) atoms. The van der Waals surface area contributed by atoms with Crippen molar-refractivity contribution in [3.8, 4) is 0 Å². The standard InChI is InChI=1S/C14H29N3O/c1-11(2)9-14(3,10-15)16-13(18)12-5-7-17(4)8-6-12/h11-12H,5-10,15H2,1-4H3,(H,16,18). The van der Waals surface area contributed by atoms with Crippen LogP contribution in [0.15, 0.2) is 0 Å². The number of nitrogens with two attached hydrogens (primary N) is 1. The van der Waals surface area contributed by atoms with Gasteiger partial charge in [-0.2, -0.15) is 0 Å². The quantitative estimate of drug-likeness (QED) is 0.776. The van der Waals surface area contributed by atoms with E-state index in [0.717, 1.165) is 32.4 Å². The van der Waals surface area contributed by atoms with E-state index in [4.69, 9.17) is 5.73 Å². The molecular weight excluding hydrogens is 226 g/mol. The van der Waals surface area contributed by atoms with Crippen LogP contribution >= 0.6 is 0 Å². The number of nitrogens with zero attached hydrogens (tertiary/aromatic N) is 1. The topological polar surface area (TPSA) is 58.4 Å². The summed E-state index contributed by atoms with van der Waals surface area (Å²) in [5.74, 6) is 0.896. The molecule has 1 fully saturated rings. The van der Waals surface area contributed by atoms with Crippen molar-refractivity contribution in [3.63, 3.8) is 0 Å². The number of nitrogens with one attached hydrogen (secondary N) is 1. The second kappa shape index (κ2) is 6.53. The SMILES string of the molecule is CC(C)CC(C)(CN)NC(=O)C1CCN(C)CC1. The molecule has 0 aromatic carbocycles. The molecule has 0 saturated carbocycles. The maximum Gasteiger partial charge on any atom is 0.223 e. The van der Waals surface area contributed by atoms with E-state index < -0.39 is 0 Å². The zero-order valence-corrected chi connectivity index (χ0v) is 12.3. The monoisotopic (exact) mass is 255 g/mol. The summed E-state index contributed by atoms with van der Waals surface area (Å²) < 4.78 is 0. The van der Waals surface area contributed by atoms with Gasteiger partial charge >= 0.3 is 0 Å². The van der Waals surface area contributed by atoms with Crippen molar-refractivity contribution < 1.29 is 4.79 Å². The van der Waals surface area contributed by atoms with Crippen LogP contribution in [0.4, 0.5) is 0 Å². The van der Waals surface area contributed by atoms with Crippen molar-refractivity contribution in [1.29, 1.82) is 0 Å². The largest absolute Gasteiger partial charge is 0.349 e. The summed E-state index contributed by atoms with van der Waals surface area (Å²) in [6.45, 7) is 8.91. The zero-order valence-electron chi connectivity index (χ0n) is 12.3. The Morgan fingerprint density at radius 3 is 2.44 bits per heavy atom. The molecule has 1 amide bonds. The predicted octanol–water partition coefficient (Wildman–Crippen LogP) is 1.21. The molecule has 1 saturated heterocycles. The fourth-order valence-corrected chi connectivity index (χ4v) is 2.76. The lowest BCUT2D eigenvalue weighted by Gasteiger charge is -2.35. The molecule has 3 N–H and O–H groups in total. The average molecular weight is 255 g/mol. The second-order valence-corrected chi connectivity index (χ2v) is 6.43. The van der Waals surface area contributed by atoms with Crippen LogP contribution in [-0.4, -0.2) is 43.0 Å². The van der Waals surface area contributed by atoms with Gasteiger partial charge in [0.1, 0.15) is 0 Å². The first-order valence-corrected chi connectivity index (χ1v) is 7.07. The summed E-state index contributed by atoms with van der Waals surface area (Å²) in [7, 11) is 2.11. The van der Waals surface area contributed by atoms with Gasteiger partial charge in [0, 0.05) is 18.0 Å². The van der Waals surface area contributed by atoms with Gasteiger partial charge in [0.2, 0.25) is 5.91 Å². The molecule has 1 heterocycles. The van der Waals surface area contributed by atoms with Crippen LogP contribution < -0.4 is 11.1 Å². The molecule has 1 unspecified atom stereocenters. The molecule has 1 aliphatic rings. The Bertz CT molecular complexity index is 272. The van der Waals surface area contributed by atoms with Crippen LogP contribution in [0.25, 0.3) is 0 Å². The lowest BCUT2D eigenvalue weighted by Crippen LogP contribution is -2.54. The second-order valence-electron chi connectivity index (χ2n) is 6.43. The summed E-state index contributed by atoms with van der Waals surface area (Å²) in [4.78, 5) is 14.6. The highest BCUT2D eigenvalue weighted by molar-refractivity contribution is 5.79. The highest BCUT2D eigenvalue weighted by Gasteiger charge is 2.30. The van der Waals surface area contributed by atoms with Gasteiger partial charge in [-0.3, -0.25) is 4.79 Å². The maximum absolute atomic E-state index is 12.3. The Morgan fingerprint density at radius 2 is 2.00 bits per heavy atom. The normalized spacial score (nSPS) is 21.9. The zero-order chi connectivity index (χ0) is 13.8. The summed E-state index contributed by atoms with van der Waals surface area (Å²) in [6, 6.07) is 0. The highest BCUT2D eigenvalue weighted by Crippen LogP contribution is 2.20. The number of piperidine rings is 1. The first-order chi connectivity index (χ1) is 8.36. The van der Waals surface area contributed by atoms with Gasteiger partial charge in [-0.05, 0) is 52.2 Å². The van der Waals surface area contributed by atoms with Crippen LogP contribution in [0.5, 0.6) is 0 Å². The fourth-order valence-electron chi connectivity index (χ4n) is 2.76. The third-order valence-corrected chi connectivity index (χ3v) is 3.82. The number of hydrogen-bond acceptors (Lipinski definition) is 3. The van der Waals surface area contributed by atoms with Crippen LogP contribution in [0, 0.1) is 11.8 Å². The van der Waals surface area contributed by atoms with Crippen molar-refractivity contribution in [2.24, 2.45) is 17.6 Å². The number of carbonyl (C=O) groups excluding carboxylic acids is 1. The van der Waals surface area contributed by atoms with E-state index in [1.54, 1.807) is 0 Å². The number of rotatable bonds is 5. The first-order valence-electron chi connectivity index (χ1n) is 7.07. The smallest absolute Gasteiger partial charge is 0.223 e. The van der Waals surface area contributed by atoms with Crippen LogP contribution in [-0.2, 0) is 4.79 Å². The van der Waals surface area contributed by atoms with Gasteiger partial charge in [0.05, 0.1) is 0 Å². The maximum atomic E-state index is 12.3. The molecule has 0 aromatic heterocycles. The van der Waals surface area contributed by atoms with E-state index in [1.165, 1.54) is 0 Å². The highest BCUT2D eigenvalue weighted by atomic mass is 16.2. The van der Waals surface area contributed by atoms with Gasteiger partial charge in [0.15, 0.2) is 0 Å². The molecule has 106 valence electrons. The van der Waals surface area contributed by atoms with Crippen molar-refractivity contribution in [2.45, 2.75) is 45.6 Å². The molecule has 0 spiro atoms. The Balaban J connectivity index is 2.51. The molecule has 0 aliphatic carbocycles. The number of hydrogen-bond donors (Lipinski definition) is 2. The molecule has 0 radical (unpaired) electrons. The molecule has 1 aliphatic heterocycles. The number of likely N-dealkylation sites (tertiary alicyclic amines) is 1. The summed E-state index contributed by atoms with van der Waals surface area (Å²) in [6.07, 6.45) is 2.86. The number of amides is 1. The lowest BCUT2D eigenvalue weighted by atomic mass is 9.88. The molecule has 4 heteroatoms. The van der Waals surface area contributed by atoms with Crippen molar-refractivity contribution in [3.05, 3.63) is 0 Å². The minimum absolute atomic E-state index is 0.166. The van der Waals surface area contributed by atoms with E-state index in [9.17, 15) is 4.79 Å². The van der Waals surface area contributed by atoms with E-state index in [-0.39, 0.29) is 17.4 Å². The van der Waals surface area contributed by atoms with Gasteiger partial charge in [-0.25, -0.2) is 0 Å². The van der Waals surface area contributed by atoms with Gasteiger partial charge in [-0.15, -0.1) is 0 Å². The molecular formula is C14H29N3O. The Hall–Kier alpha value is -0.610. The summed E-state index contributed by atoms with van der Waals surface area (Å²) in [5, 5.41) is 3.18. The van der Waals surface area contributed by atoms with E-state index in [0.29, 0.717) is 12.5 Å². The fraction of sp³-hybridized carbons (Fsp3) is 0.929. The van der Waals surface area contributed by atoms with Crippen LogP contribution in [0.2, 0.25) is 0 Å². The first kappa shape index (κ1) is 15.4. The number of carbonyl (C=O) groups is 1. The van der Waals surface area contributed by atoms with Crippen molar-refractivity contribution in [2.75, 3.05) is 26.7 Å². The Labute approximate surface area is 111 Å². The van der Waals surface area contributed by atoms with E-state index in [1.807, 2.05) is 0 Å². The van der Waals surface area contributed by atoms with Gasteiger partial charge in [0.25, 0.3) is 0 Å². The average Bonchev–Trinajstić information content (AvgIpc) is 2.28. The Morgan fingerprint density at radius 1 is 1.44 bits per heavy atom. The molecule has 1 atom stereocenters. The van der Waals surface area contributed by atoms with Gasteiger partial charge in [-0.1, -0.05) is 13.8 Å². The minimum Gasteiger partial charge on any atom is -0.349 e. The minimum atomic E-state index is -0.255. The summed E-state index contributed by atoms with van der Waals surface area (Å²) in [5.41, 5.74) is 5.58. The van der Waals surface area contributed by atoms with Crippen molar-refractivity contribution >= 4 is 5.91 Å².